The molecule has 11 heteroatoms. The van der Waals surface area contributed by atoms with E-state index in [4.69, 9.17) is 11.5 Å². The van der Waals surface area contributed by atoms with Crippen LogP contribution in [0.15, 0.2) is 71.7 Å². The van der Waals surface area contributed by atoms with Gasteiger partial charge in [0.15, 0.2) is 5.96 Å². The Balaban J connectivity index is 1.53. The number of guanidine groups is 1. The van der Waals surface area contributed by atoms with E-state index in [1.54, 1.807) is 11.9 Å². The van der Waals surface area contributed by atoms with Crippen molar-refractivity contribution in [3.8, 4) is 0 Å². The van der Waals surface area contributed by atoms with Crippen molar-refractivity contribution < 1.29 is 18.8 Å². The molecule has 3 unspecified atom stereocenters. The zero-order valence-electron chi connectivity index (χ0n) is 23.7. The summed E-state index contributed by atoms with van der Waals surface area (Å²) in [6, 6.07) is 17.8. The lowest BCUT2D eigenvalue weighted by atomic mass is 9.99. The molecule has 3 aromatic rings. The molecular formula is C31H38FN7O3. The second-order valence-electron chi connectivity index (χ2n) is 10.4. The molecule has 1 aliphatic rings. The number of hydrogen-bond donors (Lipinski definition) is 5. The van der Waals surface area contributed by atoms with E-state index in [0.717, 1.165) is 16.3 Å². The van der Waals surface area contributed by atoms with Gasteiger partial charge in [-0.2, -0.15) is 0 Å². The van der Waals surface area contributed by atoms with Crippen molar-refractivity contribution in [2.75, 3.05) is 26.7 Å². The smallest absolute Gasteiger partial charge is 0.251 e. The average molecular weight is 576 g/mol. The number of hydrogen-bond acceptors (Lipinski definition) is 5. The van der Waals surface area contributed by atoms with E-state index in [2.05, 4.69) is 20.9 Å². The Bertz CT molecular complexity index is 1430. The van der Waals surface area contributed by atoms with Gasteiger partial charge in [-0.15, -0.1) is 0 Å². The molecule has 10 nitrogen and oxygen atoms in total. The number of nitrogens with one attached hydrogen (secondary N) is 3. The molecule has 0 aliphatic carbocycles. The molecule has 1 heterocycles. The molecule has 7 N–H and O–H groups in total. The topological polar surface area (TPSA) is 155 Å². The summed E-state index contributed by atoms with van der Waals surface area (Å²) in [7, 11) is 1.57. The second-order valence-corrected chi connectivity index (χ2v) is 10.4. The highest BCUT2D eigenvalue weighted by atomic mass is 19.1. The molecule has 3 amide bonds. The lowest BCUT2D eigenvalue weighted by Gasteiger charge is -2.31. The molecule has 4 rings (SSSR count). The number of amides is 3. The van der Waals surface area contributed by atoms with E-state index in [0.29, 0.717) is 44.3 Å². The number of benzene rings is 3. The molecule has 42 heavy (non-hydrogen) atoms. The third kappa shape index (κ3) is 8.03. The van der Waals surface area contributed by atoms with Crippen LogP contribution in [0.4, 0.5) is 4.39 Å². The lowest BCUT2D eigenvalue weighted by molar-refractivity contribution is -0.141. The standard InChI is InChI=1S/C31H38FN7O3/c1-35-29(41)27(18-20-8-9-21-5-2-3-6-23(21)17-20)39-16-14-25(19-37-28(40)22-10-12-24(32)13-11-22)38-26(30(39)42)7-4-15-36-31(33)34/h2-3,5-6,8-13,17,25-27,38H,4,7,14-16,18-19H2,1H3,(H,35,41)(H,37,40)(H4,33,34,36). The third-order valence-electron chi connectivity index (χ3n) is 7.47. The van der Waals surface area contributed by atoms with Crippen molar-refractivity contribution in [3.63, 3.8) is 0 Å². The molecule has 0 spiro atoms. The van der Waals surface area contributed by atoms with E-state index in [1.807, 2.05) is 42.5 Å². The normalized spacial score (nSPS) is 17.8. The number of rotatable bonds is 11. The highest BCUT2D eigenvalue weighted by Gasteiger charge is 2.37. The van der Waals surface area contributed by atoms with Crippen LogP contribution in [0, 0.1) is 5.82 Å². The van der Waals surface area contributed by atoms with Crippen LogP contribution in [0.5, 0.6) is 0 Å². The van der Waals surface area contributed by atoms with Crippen molar-refractivity contribution in [1.29, 1.82) is 0 Å². The van der Waals surface area contributed by atoms with E-state index in [9.17, 15) is 18.8 Å². The van der Waals surface area contributed by atoms with E-state index >= 15 is 0 Å². The van der Waals surface area contributed by atoms with Crippen molar-refractivity contribution in [3.05, 3.63) is 83.7 Å². The van der Waals surface area contributed by atoms with Crippen LogP contribution >= 0.6 is 0 Å². The van der Waals surface area contributed by atoms with Gasteiger partial charge in [-0.05, 0) is 59.9 Å². The molecule has 1 aliphatic heterocycles. The molecule has 3 atom stereocenters. The molecule has 0 saturated carbocycles. The van der Waals surface area contributed by atoms with Crippen LogP contribution in [-0.2, 0) is 16.0 Å². The van der Waals surface area contributed by atoms with Crippen LogP contribution < -0.4 is 27.4 Å². The number of carbonyl (C=O) groups excluding carboxylic acids is 3. The van der Waals surface area contributed by atoms with E-state index in [-0.39, 0.29) is 36.3 Å². The van der Waals surface area contributed by atoms with Crippen molar-refractivity contribution in [2.24, 2.45) is 16.5 Å². The Morgan fingerprint density at radius 1 is 1.10 bits per heavy atom. The molecule has 1 fully saturated rings. The molecule has 0 bridgehead atoms. The van der Waals surface area contributed by atoms with Crippen LogP contribution in [-0.4, -0.2) is 73.4 Å². The molecule has 3 aromatic carbocycles. The summed E-state index contributed by atoms with van der Waals surface area (Å²) in [6.45, 7) is 0.922. The summed E-state index contributed by atoms with van der Waals surface area (Å²) in [5, 5.41) is 11.2. The predicted molar refractivity (Wildman–Crippen MR) is 161 cm³/mol. The van der Waals surface area contributed by atoms with Gasteiger partial charge in [-0.1, -0.05) is 42.5 Å². The fourth-order valence-electron chi connectivity index (χ4n) is 5.24. The van der Waals surface area contributed by atoms with E-state index < -0.39 is 17.9 Å². The highest BCUT2D eigenvalue weighted by molar-refractivity contribution is 5.94. The van der Waals surface area contributed by atoms with Gasteiger partial charge in [-0.3, -0.25) is 19.4 Å². The van der Waals surface area contributed by atoms with Gasteiger partial charge in [-0.25, -0.2) is 4.39 Å². The number of halogens is 1. The monoisotopic (exact) mass is 575 g/mol. The SMILES string of the molecule is CNC(=O)C(Cc1ccc2ccccc2c1)N1CCC(CNC(=O)c2ccc(F)cc2)NC(CCCN=C(N)N)C1=O. The summed E-state index contributed by atoms with van der Waals surface area (Å²) < 4.78 is 13.3. The first-order valence-electron chi connectivity index (χ1n) is 14.1. The van der Waals surface area contributed by atoms with Crippen LogP contribution in [0.25, 0.3) is 10.8 Å². The number of carbonyl (C=O) groups is 3. The maximum absolute atomic E-state index is 14.0. The second kappa shape index (κ2) is 14.4. The maximum atomic E-state index is 14.0. The Morgan fingerprint density at radius 3 is 2.55 bits per heavy atom. The molecule has 1 saturated heterocycles. The fraction of sp³-hybridized carbons (Fsp3) is 0.355. The van der Waals surface area contributed by atoms with Gasteiger partial charge in [0.1, 0.15) is 11.9 Å². The molecular weight excluding hydrogens is 537 g/mol. The average Bonchev–Trinajstić information content (AvgIpc) is 3.14. The van der Waals surface area contributed by atoms with Crippen molar-refractivity contribution in [1.82, 2.24) is 20.9 Å². The summed E-state index contributed by atoms with van der Waals surface area (Å²) in [5.74, 6) is -1.23. The molecule has 222 valence electrons. The third-order valence-corrected chi connectivity index (χ3v) is 7.47. The molecule has 0 radical (unpaired) electrons. The summed E-state index contributed by atoms with van der Waals surface area (Å²) in [4.78, 5) is 45.5. The van der Waals surface area contributed by atoms with Gasteiger partial charge < -0.3 is 32.3 Å². The Morgan fingerprint density at radius 2 is 1.83 bits per heavy atom. The van der Waals surface area contributed by atoms with Crippen molar-refractivity contribution in [2.45, 2.75) is 43.8 Å². The van der Waals surface area contributed by atoms with Gasteiger partial charge in [0.05, 0.1) is 6.04 Å². The largest absolute Gasteiger partial charge is 0.370 e. The number of nitrogens with two attached hydrogens (primary N) is 2. The highest BCUT2D eigenvalue weighted by Crippen LogP contribution is 2.21. The number of likely N-dealkylation sites (N-methyl/N-ethyl adjacent to an activating group) is 1. The first kappa shape index (κ1) is 30.4. The van der Waals surface area contributed by atoms with Crippen LogP contribution in [0.3, 0.4) is 0 Å². The minimum absolute atomic E-state index is 0.0202. The van der Waals surface area contributed by atoms with Gasteiger partial charge in [0.2, 0.25) is 11.8 Å². The maximum Gasteiger partial charge on any atom is 0.251 e. The Hall–Kier alpha value is -4.51. The summed E-state index contributed by atoms with van der Waals surface area (Å²) >= 11 is 0. The minimum atomic E-state index is -0.724. The number of fused-ring (bicyclic) bond motifs is 1. The van der Waals surface area contributed by atoms with Crippen molar-refractivity contribution >= 4 is 34.5 Å². The first-order valence-corrected chi connectivity index (χ1v) is 14.1. The molecule has 0 aromatic heterocycles. The van der Waals surface area contributed by atoms with Gasteiger partial charge in [0, 0.05) is 44.7 Å². The minimum Gasteiger partial charge on any atom is -0.370 e. The number of nitrogens with zero attached hydrogens (tertiary/aromatic N) is 2. The zero-order valence-corrected chi connectivity index (χ0v) is 23.7. The zero-order chi connectivity index (χ0) is 30.1. The van der Waals surface area contributed by atoms with Gasteiger partial charge >= 0.3 is 0 Å². The number of aliphatic imine (C=N–C) groups is 1. The summed E-state index contributed by atoms with van der Waals surface area (Å²) in [5.41, 5.74) is 12.2. The van der Waals surface area contributed by atoms with Gasteiger partial charge in [0.25, 0.3) is 5.91 Å². The van der Waals surface area contributed by atoms with Crippen LogP contribution in [0.1, 0.15) is 35.2 Å². The van der Waals surface area contributed by atoms with Crippen LogP contribution in [0.2, 0.25) is 0 Å². The fourth-order valence-corrected chi connectivity index (χ4v) is 5.24. The predicted octanol–water partition coefficient (Wildman–Crippen LogP) is 1.68. The lowest BCUT2D eigenvalue weighted by Crippen LogP contribution is -2.54. The summed E-state index contributed by atoms with van der Waals surface area (Å²) in [6.07, 6.45) is 1.83. The Labute approximate surface area is 244 Å². The Kier molecular flexibility index (Phi) is 10.4. The first-order chi connectivity index (χ1) is 20.2. The van der Waals surface area contributed by atoms with E-state index in [1.165, 1.54) is 24.3 Å². The quantitative estimate of drug-likeness (QED) is 0.133.